The van der Waals surface area contributed by atoms with E-state index < -0.39 is 0 Å². The topological polar surface area (TPSA) is 48.4 Å². The first-order chi connectivity index (χ1) is 9.65. The van der Waals surface area contributed by atoms with Gasteiger partial charge in [0.15, 0.2) is 0 Å². The van der Waals surface area contributed by atoms with E-state index in [1.807, 2.05) is 18.2 Å². The lowest BCUT2D eigenvalue weighted by atomic mass is 9.99. The minimum atomic E-state index is -0.311. The minimum Gasteiger partial charge on any atom is -0.390 e. The Morgan fingerprint density at radius 3 is 2.80 bits per heavy atom. The van der Waals surface area contributed by atoms with Crippen molar-refractivity contribution in [2.24, 2.45) is 5.92 Å². The Kier molecular flexibility index (Phi) is 5.95. The summed E-state index contributed by atoms with van der Waals surface area (Å²) in [5, 5.41) is 13.5. The highest BCUT2D eigenvalue weighted by atomic mass is 16.3. The second-order valence-corrected chi connectivity index (χ2v) is 6.02. The summed E-state index contributed by atoms with van der Waals surface area (Å²) in [6.45, 7) is 8.02. The molecule has 0 aromatic carbocycles. The first-order valence-electron chi connectivity index (χ1n) is 7.70. The molecule has 4 nitrogen and oxygen atoms in total. The van der Waals surface area contributed by atoms with E-state index >= 15 is 0 Å². The van der Waals surface area contributed by atoms with Gasteiger partial charge in [-0.15, -0.1) is 0 Å². The molecule has 2 unspecified atom stereocenters. The van der Waals surface area contributed by atoms with Crippen LogP contribution in [-0.2, 0) is 0 Å². The predicted octanol–water partition coefficient (Wildman–Crippen LogP) is 1.83. The monoisotopic (exact) mass is 277 g/mol. The molecule has 1 aliphatic heterocycles. The van der Waals surface area contributed by atoms with Crippen molar-refractivity contribution in [2.45, 2.75) is 38.8 Å². The van der Waals surface area contributed by atoms with E-state index in [1.54, 1.807) is 6.20 Å². The number of piperidine rings is 1. The van der Waals surface area contributed by atoms with Crippen LogP contribution in [0.5, 0.6) is 0 Å². The van der Waals surface area contributed by atoms with Crippen molar-refractivity contribution in [2.75, 3.05) is 26.2 Å². The van der Waals surface area contributed by atoms with Crippen molar-refractivity contribution in [1.29, 1.82) is 0 Å². The fourth-order valence-electron chi connectivity index (χ4n) is 2.66. The molecule has 0 spiro atoms. The van der Waals surface area contributed by atoms with Crippen LogP contribution in [0, 0.1) is 5.92 Å². The summed E-state index contributed by atoms with van der Waals surface area (Å²) in [6, 6.07) is 6.09. The molecule has 20 heavy (non-hydrogen) atoms. The fourth-order valence-corrected chi connectivity index (χ4v) is 2.66. The molecular formula is C16H27N3O. The number of rotatable bonds is 6. The Labute approximate surface area is 122 Å². The van der Waals surface area contributed by atoms with Crippen molar-refractivity contribution in [3.8, 4) is 0 Å². The van der Waals surface area contributed by atoms with Crippen LogP contribution in [0.1, 0.15) is 38.4 Å². The number of aromatic nitrogens is 1. The average molecular weight is 277 g/mol. The number of likely N-dealkylation sites (tertiary alicyclic amines) is 1. The molecular weight excluding hydrogens is 250 g/mol. The molecule has 1 fully saturated rings. The molecule has 0 amide bonds. The van der Waals surface area contributed by atoms with E-state index in [9.17, 15) is 5.11 Å². The van der Waals surface area contributed by atoms with Crippen LogP contribution in [0.3, 0.4) is 0 Å². The molecule has 2 rings (SSSR count). The van der Waals surface area contributed by atoms with E-state index in [2.05, 4.69) is 29.0 Å². The molecule has 1 aromatic heterocycles. The minimum absolute atomic E-state index is 0.173. The number of pyridine rings is 1. The quantitative estimate of drug-likeness (QED) is 0.833. The van der Waals surface area contributed by atoms with Crippen LogP contribution in [0.25, 0.3) is 0 Å². The van der Waals surface area contributed by atoms with Crippen LogP contribution in [0.15, 0.2) is 24.4 Å². The SMILES string of the molecule is CC1CCN(CC(O)CNC(C)c2ccccn2)CC1. The lowest BCUT2D eigenvalue weighted by molar-refractivity contribution is 0.0891. The highest BCUT2D eigenvalue weighted by Crippen LogP contribution is 2.16. The number of β-amino-alcohol motifs (C(OH)–C–C–N with tert-alkyl or cyclic N) is 1. The maximum absolute atomic E-state index is 10.1. The molecule has 112 valence electrons. The number of nitrogens with one attached hydrogen (secondary N) is 1. The number of nitrogens with zero attached hydrogens (tertiary/aromatic N) is 2. The van der Waals surface area contributed by atoms with Gasteiger partial charge in [-0.3, -0.25) is 4.98 Å². The Bertz CT molecular complexity index is 377. The first-order valence-corrected chi connectivity index (χ1v) is 7.70. The molecule has 1 aromatic rings. The zero-order chi connectivity index (χ0) is 14.4. The van der Waals surface area contributed by atoms with Crippen molar-refractivity contribution in [1.82, 2.24) is 15.2 Å². The van der Waals surface area contributed by atoms with E-state index in [1.165, 1.54) is 12.8 Å². The molecule has 1 aliphatic rings. The van der Waals surface area contributed by atoms with Gasteiger partial charge in [0, 0.05) is 25.3 Å². The van der Waals surface area contributed by atoms with Gasteiger partial charge >= 0.3 is 0 Å². The number of hydrogen-bond donors (Lipinski definition) is 2. The van der Waals surface area contributed by atoms with Crippen molar-refractivity contribution in [3.05, 3.63) is 30.1 Å². The van der Waals surface area contributed by atoms with Gasteiger partial charge < -0.3 is 15.3 Å². The molecule has 0 aliphatic carbocycles. The molecule has 0 bridgehead atoms. The maximum Gasteiger partial charge on any atom is 0.0791 e. The van der Waals surface area contributed by atoms with Gasteiger partial charge in [0.1, 0.15) is 0 Å². The predicted molar refractivity (Wildman–Crippen MR) is 81.5 cm³/mol. The van der Waals surface area contributed by atoms with E-state index in [0.717, 1.165) is 31.2 Å². The van der Waals surface area contributed by atoms with E-state index in [-0.39, 0.29) is 12.1 Å². The van der Waals surface area contributed by atoms with Crippen LogP contribution >= 0.6 is 0 Å². The maximum atomic E-state index is 10.1. The molecule has 0 radical (unpaired) electrons. The molecule has 4 heteroatoms. The highest BCUT2D eigenvalue weighted by molar-refractivity contribution is 5.07. The lowest BCUT2D eigenvalue weighted by Gasteiger charge is -2.31. The van der Waals surface area contributed by atoms with Crippen LogP contribution in [0.2, 0.25) is 0 Å². The first kappa shape index (κ1) is 15.4. The Morgan fingerprint density at radius 1 is 1.40 bits per heavy atom. The summed E-state index contributed by atoms with van der Waals surface area (Å²) < 4.78 is 0. The highest BCUT2D eigenvalue weighted by Gasteiger charge is 2.18. The second kappa shape index (κ2) is 7.72. The van der Waals surface area contributed by atoms with Gasteiger partial charge in [-0.2, -0.15) is 0 Å². The van der Waals surface area contributed by atoms with Gasteiger partial charge in [0.2, 0.25) is 0 Å². The largest absolute Gasteiger partial charge is 0.390 e. The van der Waals surface area contributed by atoms with Crippen LogP contribution < -0.4 is 5.32 Å². The zero-order valence-corrected chi connectivity index (χ0v) is 12.6. The smallest absolute Gasteiger partial charge is 0.0791 e. The summed E-state index contributed by atoms with van der Waals surface area (Å²) in [4.78, 5) is 6.70. The number of aliphatic hydroxyl groups excluding tert-OH is 1. The van der Waals surface area contributed by atoms with Crippen molar-refractivity contribution in [3.63, 3.8) is 0 Å². The zero-order valence-electron chi connectivity index (χ0n) is 12.6. The third-order valence-corrected chi connectivity index (χ3v) is 4.14. The molecule has 0 saturated carbocycles. The summed E-state index contributed by atoms with van der Waals surface area (Å²) in [5.74, 6) is 0.839. The summed E-state index contributed by atoms with van der Waals surface area (Å²) in [7, 11) is 0. The fraction of sp³-hybridized carbons (Fsp3) is 0.688. The van der Waals surface area contributed by atoms with E-state index in [4.69, 9.17) is 0 Å². The van der Waals surface area contributed by atoms with Gasteiger partial charge in [-0.05, 0) is 50.9 Å². The van der Waals surface area contributed by atoms with Gasteiger partial charge in [-0.1, -0.05) is 13.0 Å². The van der Waals surface area contributed by atoms with Crippen LogP contribution in [-0.4, -0.2) is 47.3 Å². The van der Waals surface area contributed by atoms with Crippen molar-refractivity contribution < 1.29 is 5.11 Å². The van der Waals surface area contributed by atoms with Crippen molar-refractivity contribution >= 4 is 0 Å². The number of hydrogen-bond acceptors (Lipinski definition) is 4. The molecule has 2 atom stereocenters. The third-order valence-electron chi connectivity index (χ3n) is 4.14. The summed E-state index contributed by atoms with van der Waals surface area (Å²) in [6.07, 6.45) is 4.00. The second-order valence-electron chi connectivity index (χ2n) is 6.02. The van der Waals surface area contributed by atoms with Gasteiger partial charge in [-0.25, -0.2) is 0 Å². The number of aliphatic hydroxyl groups is 1. The Balaban J connectivity index is 1.68. The average Bonchev–Trinajstić information content (AvgIpc) is 2.48. The Hall–Kier alpha value is -0.970. The summed E-state index contributed by atoms with van der Waals surface area (Å²) in [5.41, 5.74) is 1.02. The van der Waals surface area contributed by atoms with Gasteiger partial charge in [0.05, 0.1) is 11.8 Å². The van der Waals surface area contributed by atoms with Crippen LogP contribution in [0.4, 0.5) is 0 Å². The molecule has 2 heterocycles. The standard InChI is InChI=1S/C16H27N3O/c1-13-6-9-19(10-7-13)12-15(20)11-18-14(2)16-5-3-4-8-17-16/h3-5,8,13-15,18,20H,6-7,9-12H2,1-2H3. The Morgan fingerprint density at radius 2 is 2.15 bits per heavy atom. The lowest BCUT2D eigenvalue weighted by Crippen LogP contribution is -2.42. The summed E-state index contributed by atoms with van der Waals surface area (Å²) >= 11 is 0. The third kappa shape index (κ3) is 4.85. The van der Waals surface area contributed by atoms with Gasteiger partial charge in [0.25, 0.3) is 0 Å². The molecule has 1 saturated heterocycles. The molecule has 2 N–H and O–H groups in total. The van der Waals surface area contributed by atoms with E-state index in [0.29, 0.717) is 6.54 Å². The normalized spacial score (nSPS) is 20.8.